The first-order valence-electron chi connectivity index (χ1n) is 18.4. The van der Waals surface area contributed by atoms with Gasteiger partial charge in [0.2, 0.25) is 0 Å². The Morgan fingerprint density at radius 3 is 0.810 bits per heavy atom. The monoisotopic (exact) mass is 799 g/mol. The van der Waals surface area contributed by atoms with Crippen molar-refractivity contribution in [1.82, 2.24) is 19.9 Å². The van der Waals surface area contributed by atoms with E-state index < -0.39 is 0 Å². The number of nitrogens with zero attached hydrogens (tertiary/aromatic N) is 4. The number of methoxy groups -OCH3 is 4. The molecular weight excluding hydrogens is 763 g/mol. The summed E-state index contributed by atoms with van der Waals surface area (Å²) in [5, 5.41) is 0. The van der Waals surface area contributed by atoms with Crippen molar-refractivity contribution >= 4 is 46.4 Å². The van der Waals surface area contributed by atoms with Gasteiger partial charge < -0.3 is 28.9 Å². The molecule has 4 aromatic carbocycles. The quantitative estimate of drug-likeness (QED) is 0.148. The van der Waals surface area contributed by atoms with Crippen molar-refractivity contribution in [2.75, 3.05) is 28.4 Å². The zero-order valence-corrected chi connectivity index (χ0v) is 33.5. The summed E-state index contributed by atoms with van der Waals surface area (Å²) in [6, 6.07) is 39.9. The van der Waals surface area contributed by atoms with Crippen molar-refractivity contribution in [3.8, 4) is 67.5 Å². The summed E-state index contributed by atoms with van der Waals surface area (Å²) in [4.78, 5) is 21.5. The van der Waals surface area contributed by atoms with Gasteiger partial charge in [-0.05, 0) is 70.8 Å². The Labute approximate surface area is 344 Å². The minimum atomic E-state index is 0.706. The second-order valence-electron chi connectivity index (χ2n) is 13.2. The zero-order chi connectivity index (χ0) is 40.2. The van der Waals surface area contributed by atoms with Gasteiger partial charge in [0.15, 0.2) is 0 Å². The van der Waals surface area contributed by atoms with Crippen molar-refractivity contribution in [3.63, 3.8) is 0 Å². The molecule has 283 valence electrons. The standard InChI is InChI=1S/C48H36N4O4.O.V/c1-53-41-17-9-5-13-29(41)45-33-21-23-35(49-33)46(30-14-6-10-18-42(30)54-2)37-25-27-39(51-37)48(32-16-8-12-20-44(32)56-4)40-28-26-38(52-40)47(36-24-22-34(45)50-36)31-15-7-11-19-43(31)55-3;;/h5-28H,1-4H3;;/q-2;;+2. The SMILES string of the molecule is COc1ccccc1-c1c2nc(c(-c3ccccc3OC)c3ccc([n-]3)c(-c3ccccc3OC)c3nc(c(-c4ccccc4OC)c4ccc1[n-]4)C=C3)C=C2.[O]=[V+2]. The third-order valence-electron chi connectivity index (χ3n) is 10.1. The first kappa shape index (κ1) is 38.0. The summed E-state index contributed by atoms with van der Waals surface area (Å²) in [6.45, 7) is 0. The average Bonchev–Trinajstić information content (AvgIpc) is 4.13. The van der Waals surface area contributed by atoms with Crippen LogP contribution in [0.2, 0.25) is 0 Å². The summed E-state index contributed by atoms with van der Waals surface area (Å²) in [6.07, 6.45) is 8.13. The van der Waals surface area contributed by atoms with Crippen LogP contribution in [0.4, 0.5) is 0 Å². The average molecular weight is 800 g/mol. The maximum absolute atomic E-state index is 8.19. The molecule has 2 aliphatic heterocycles. The fraction of sp³-hybridized carbons (Fsp3) is 0.0833. The number of ether oxygens (including phenoxy) is 4. The van der Waals surface area contributed by atoms with E-state index in [9.17, 15) is 0 Å². The minimum absolute atomic E-state index is 0.706. The molecule has 10 heteroatoms. The molecule has 0 atom stereocenters. The predicted molar refractivity (Wildman–Crippen MR) is 225 cm³/mol. The number of rotatable bonds is 8. The number of hydrogen-bond acceptors (Lipinski definition) is 7. The van der Waals surface area contributed by atoms with E-state index in [0.29, 0.717) is 23.0 Å². The molecule has 0 N–H and O–H groups in total. The molecule has 0 fully saturated rings. The second-order valence-corrected chi connectivity index (χ2v) is 13.2. The van der Waals surface area contributed by atoms with E-state index in [4.69, 9.17) is 42.6 Å². The van der Waals surface area contributed by atoms with E-state index in [0.717, 1.165) is 107 Å². The van der Waals surface area contributed by atoms with E-state index >= 15 is 0 Å². The number of para-hydroxylation sites is 4. The van der Waals surface area contributed by atoms with Crippen LogP contribution in [0.5, 0.6) is 23.0 Å². The third-order valence-corrected chi connectivity index (χ3v) is 10.1. The molecule has 0 saturated carbocycles. The summed E-state index contributed by atoms with van der Waals surface area (Å²) >= 11 is 1.06. The van der Waals surface area contributed by atoms with E-state index in [1.54, 1.807) is 28.4 Å². The van der Waals surface area contributed by atoms with Crippen molar-refractivity contribution in [2.24, 2.45) is 0 Å². The van der Waals surface area contributed by atoms with Crippen LogP contribution in [-0.2, 0) is 21.0 Å². The van der Waals surface area contributed by atoms with Gasteiger partial charge in [0.05, 0.1) is 51.2 Å². The number of benzene rings is 4. The Bertz CT molecular complexity index is 2530. The molecular formula is C48H36N4O5V. The van der Waals surface area contributed by atoms with Crippen LogP contribution in [0.25, 0.3) is 90.9 Å². The fourth-order valence-corrected chi connectivity index (χ4v) is 7.60. The topological polar surface area (TPSA) is 108 Å². The fourth-order valence-electron chi connectivity index (χ4n) is 7.60. The molecule has 2 aliphatic rings. The van der Waals surface area contributed by atoms with Crippen LogP contribution in [0.15, 0.2) is 121 Å². The van der Waals surface area contributed by atoms with Crippen molar-refractivity contribution in [2.45, 2.75) is 0 Å². The Morgan fingerprint density at radius 2 is 0.586 bits per heavy atom. The Hall–Kier alpha value is -6.94. The molecule has 0 radical (unpaired) electrons. The third kappa shape index (κ3) is 6.80. The van der Waals surface area contributed by atoms with Gasteiger partial charge in [0, 0.05) is 22.3 Å². The molecule has 3 aromatic heterocycles. The van der Waals surface area contributed by atoms with Crippen LogP contribution in [0.1, 0.15) is 22.8 Å². The number of hydrogen-bond donors (Lipinski definition) is 0. The van der Waals surface area contributed by atoms with Gasteiger partial charge in [0.25, 0.3) is 0 Å². The van der Waals surface area contributed by atoms with Crippen molar-refractivity contribution in [3.05, 3.63) is 144 Å². The second kappa shape index (κ2) is 16.7. The van der Waals surface area contributed by atoms with E-state index in [1.807, 2.05) is 146 Å². The summed E-state index contributed by atoms with van der Waals surface area (Å²) in [5.41, 5.74) is 12.6. The molecule has 0 aliphatic carbocycles. The molecule has 0 spiro atoms. The molecule has 58 heavy (non-hydrogen) atoms. The van der Waals surface area contributed by atoms with Crippen LogP contribution in [0.3, 0.4) is 0 Å². The Kier molecular flexibility index (Phi) is 10.9. The zero-order valence-electron chi connectivity index (χ0n) is 32.1. The van der Waals surface area contributed by atoms with Crippen LogP contribution in [0, 0.1) is 0 Å². The maximum atomic E-state index is 8.19. The Balaban J connectivity index is 0.00000231. The molecule has 8 bridgehead atoms. The number of fused-ring (bicyclic) bond motifs is 8. The molecule has 0 saturated heterocycles. The van der Waals surface area contributed by atoms with E-state index in [-0.39, 0.29) is 0 Å². The van der Waals surface area contributed by atoms with Gasteiger partial charge in [-0.15, -0.1) is 22.1 Å². The van der Waals surface area contributed by atoms with Crippen molar-refractivity contribution in [1.29, 1.82) is 0 Å². The van der Waals surface area contributed by atoms with Crippen molar-refractivity contribution < 1.29 is 40.0 Å². The summed E-state index contributed by atoms with van der Waals surface area (Å²) in [7, 11) is 6.71. The first-order chi connectivity index (χ1) is 28.6. The first-order valence-corrected chi connectivity index (χ1v) is 18.9. The molecule has 7 aromatic rings. The van der Waals surface area contributed by atoms with Crippen LogP contribution in [-0.4, -0.2) is 38.4 Å². The Morgan fingerprint density at radius 1 is 0.362 bits per heavy atom. The normalized spacial score (nSPS) is 11.5. The molecule has 0 unspecified atom stereocenters. The number of aromatic nitrogens is 4. The molecule has 5 heterocycles. The predicted octanol–water partition coefficient (Wildman–Crippen LogP) is 10.5. The van der Waals surface area contributed by atoms with Gasteiger partial charge in [-0.3, -0.25) is 0 Å². The van der Waals surface area contributed by atoms with Gasteiger partial charge in [-0.2, -0.15) is 0 Å². The van der Waals surface area contributed by atoms with Crippen LogP contribution < -0.4 is 28.9 Å². The summed E-state index contributed by atoms with van der Waals surface area (Å²) in [5.74, 6) is 2.83. The van der Waals surface area contributed by atoms with Crippen LogP contribution >= 0.6 is 0 Å². The van der Waals surface area contributed by atoms with E-state index in [1.165, 1.54) is 0 Å². The summed E-state index contributed by atoms with van der Waals surface area (Å²) < 4.78 is 31.9. The molecule has 9 nitrogen and oxygen atoms in total. The van der Waals surface area contributed by atoms with Gasteiger partial charge in [0.1, 0.15) is 23.0 Å². The van der Waals surface area contributed by atoms with Gasteiger partial charge in [-0.25, -0.2) is 9.97 Å². The molecule has 0 amide bonds. The van der Waals surface area contributed by atoms with Gasteiger partial charge >= 0.3 is 21.0 Å². The van der Waals surface area contributed by atoms with E-state index in [2.05, 4.69) is 0 Å². The van der Waals surface area contributed by atoms with Gasteiger partial charge in [-0.1, -0.05) is 97.1 Å². The molecule has 9 rings (SSSR count).